The molecule has 2 aromatic rings. The van der Waals surface area contributed by atoms with Crippen molar-refractivity contribution in [1.82, 2.24) is 15.2 Å². The minimum atomic E-state index is 0.168. The molecule has 4 nitrogen and oxygen atoms in total. The molecule has 0 bridgehead atoms. The molecule has 1 aromatic heterocycles. The average Bonchev–Trinajstić information content (AvgIpc) is 3.00. The monoisotopic (exact) mass is 304 g/mol. The van der Waals surface area contributed by atoms with Gasteiger partial charge in [-0.25, -0.2) is 0 Å². The Morgan fingerprint density at radius 2 is 2.24 bits per heavy atom. The van der Waals surface area contributed by atoms with Gasteiger partial charge in [0.25, 0.3) is 0 Å². The first-order valence-electron chi connectivity index (χ1n) is 7.33. The first-order valence-corrected chi connectivity index (χ1v) is 7.71. The van der Waals surface area contributed by atoms with Crippen LogP contribution < -0.4 is 11.3 Å². The van der Waals surface area contributed by atoms with Gasteiger partial charge in [-0.2, -0.15) is 5.10 Å². The Morgan fingerprint density at radius 3 is 2.90 bits per heavy atom. The number of hydrogen-bond donors (Lipinski definition) is 2. The van der Waals surface area contributed by atoms with Crippen molar-refractivity contribution < 1.29 is 0 Å². The van der Waals surface area contributed by atoms with Crippen molar-refractivity contribution in [3.05, 3.63) is 51.8 Å². The second kappa shape index (κ2) is 5.79. The van der Waals surface area contributed by atoms with Crippen molar-refractivity contribution in [2.24, 2.45) is 12.9 Å². The molecule has 5 heteroatoms. The van der Waals surface area contributed by atoms with Crippen LogP contribution in [0.3, 0.4) is 0 Å². The van der Waals surface area contributed by atoms with Crippen molar-refractivity contribution in [1.29, 1.82) is 0 Å². The fraction of sp³-hybridized carbons (Fsp3) is 0.438. The Hall–Kier alpha value is -1.36. The summed E-state index contributed by atoms with van der Waals surface area (Å²) in [6, 6.07) is 8.80. The van der Waals surface area contributed by atoms with Crippen LogP contribution in [0.5, 0.6) is 0 Å². The molecule has 0 saturated heterocycles. The molecule has 0 aliphatic heterocycles. The molecule has 0 saturated carbocycles. The van der Waals surface area contributed by atoms with Gasteiger partial charge in [0, 0.05) is 25.4 Å². The standard InChI is InChI=1S/C16H21ClN4/c1-10-16(17)15(21(2)20-10)9-14(19-18)13-8-7-11-5-3-4-6-12(11)13/h3-6,13-14,19H,7-9,18H2,1-2H3. The predicted molar refractivity (Wildman–Crippen MR) is 85.3 cm³/mol. The van der Waals surface area contributed by atoms with Gasteiger partial charge in [-0.05, 0) is 30.9 Å². The summed E-state index contributed by atoms with van der Waals surface area (Å²) in [7, 11) is 1.93. The predicted octanol–water partition coefficient (Wildman–Crippen LogP) is 2.49. The van der Waals surface area contributed by atoms with Crippen LogP contribution in [-0.4, -0.2) is 15.8 Å². The van der Waals surface area contributed by atoms with E-state index in [0.717, 1.165) is 35.7 Å². The lowest BCUT2D eigenvalue weighted by Crippen LogP contribution is -2.41. The van der Waals surface area contributed by atoms with Gasteiger partial charge in [0.05, 0.1) is 16.4 Å². The maximum absolute atomic E-state index is 6.37. The van der Waals surface area contributed by atoms with E-state index in [2.05, 4.69) is 34.8 Å². The number of benzene rings is 1. The summed E-state index contributed by atoms with van der Waals surface area (Å²) in [5, 5.41) is 5.14. The molecule has 2 unspecified atom stereocenters. The molecule has 1 heterocycles. The molecule has 21 heavy (non-hydrogen) atoms. The lowest BCUT2D eigenvalue weighted by atomic mass is 9.90. The number of hydrazine groups is 1. The van der Waals surface area contributed by atoms with E-state index >= 15 is 0 Å². The molecule has 3 N–H and O–H groups in total. The molecule has 0 radical (unpaired) electrons. The maximum atomic E-state index is 6.37. The third-order valence-corrected chi connectivity index (χ3v) is 5.05. The minimum Gasteiger partial charge on any atom is -0.271 e. The topological polar surface area (TPSA) is 55.9 Å². The average molecular weight is 305 g/mol. The molecule has 112 valence electrons. The van der Waals surface area contributed by atoms with Gasteiger partial charge in [-0.1, -0.05) is 35.9 Å². The Kier molecular flexibility index (Phi) is 4.02. The van der Waals surface area contributed by atoms with Gasteiger partial charge >= 0.3 is 0 Å². The Balaban J connectivity index is 1.87. The number of aromatic nitrogens is 2. The van der Waals surface area contributed by atoms with Crippen molar-refractivity contribution in [2.45, 2.75) is 38.1 Å². The molecule has 0 amide bonds. The fourth-order valence-corrected chi connectivity index (χ4v) is 3.67. The molecule has 1 aliphatic rings. The Labute approximate surface area is 130 Å². The Bertz CT molecular complexity index is 650. The minimum absolute atomic E-state index is 0.168. The summed E-state index contributed by atoms with van der Waals surface area (Å²) in [6.07, 6.45) is 3.03. The number of rotatable bonds is 4. The molecule has 3 rings (SSSR count). The zero-order valence-corrected chi connectivity index (χ0v) is 13.2. The molecular weight excluding hydrogens is 284 g/mol. The largest absolute Gasteiger partial charge is 0.271 e. The summed E-state index contributed by atoms with van der Waals surface area (Å²) in [6.45, 7) is 1.93. The molecule has 1 aromatic carbocycles. The first-order chi connectivity index (χ1) is 10.1. The van der Waals surface area contributed by atoms with Crippen molar-refractivity contribution >= 4 is 11.6 Å². The van der Waals surface area contributed by atoms with Crippen LogP contribution in [-0.2, 0) is 19.9 Å². The molecule has 1 aliphatic carbocycles. The van der Waals surface area contributed by atoms with Crippen LogP contribution in [0.1, 0.15) is 34.9 Å². The van der Waals surface area contributed by atoms with Crippen LogP contribution in [0.25, 0.3) is 0 Å². The van der Waals surface area contributed by atoms with Crippen molar-refractivity contribution in [3.8, 4) is 0 Å². The van der Waals surface area contributed by atoms with Crippen LogP contribution >= 0.6 is 11.6 Å². The first kappa shape index (κ1) is 14.6. The number of fused-ring (bicyclic) bond motifs is 1. The van der Waals surface area contributed by atoms with Crippen molar-refractivity contribution in [3.63, 3.8) is 0 Å². The molecule has 2 atom stereocenters. The Morgan fingerprint density at radius 1 is 1.48 bits per heavy atom. The van der Waals surface area contributed by atoms with Crippen LogP contribution in [0.4, 0.5) is 0 Å². The SMILES string of the molecule is Cc1nn(C)c(CC(NN)C2CCc3ccccc32)c1Cl. The molecule has 0 fully saturated rings. The summed E-state index contributed by atoms with van der Waals surface area (Å²) in [5.41, 5.74) is 7.76. The normalized spacial score (nSPS) is 18.8. The van der Waals surface area contributed by atoms with Gasteiger partial charge in [0.2, 0.25) is 0 Å². The molecular formula is C16H21ClN4. The number of nitrogens with zero attached hydrogens (tertiary/aromatic N) is 2. The van der Waals surface area contributed by atoms with Gasteiger partial charge in [-0.3, -0.25) is 16.0 Å². The molecule has 0 spiro atoms. The highest BCUT2D eigenvalue weighted by Crippen LogP contribution is 2.36. The lowest BCUT2D eigenvalue weighted by molar-refractivity contribution is 0.425. The van der Waals surface area contributed by atoms with E-state index < -0.39 is 0 Å². The zero-order valence-electron chi connectivity index (χ0n) is 12.4. The van der Waals surface area contributed by atoms with Gasteiger partial charge in [-0.15, -0.1) is 0 Å². The van der Waals surface area contributed by atoms with E-state index in [-0.39, 0.29) is 6.04 Å². The number of aryl methyl sites for hydroxylation is 3. The quantitative estimate of drug-likeness (QED) is 0.674. The van der Waals surface area contributed by atoms with Crippen LogP contribution in [0.2, 0.25) is 5.02 Å². The van der Waals surface area contributed by atoms with Crippen molar-refractivity contribution in [2.75, 3.05) is 0 Å². The third-order valence-electron chi connectivity index (χ3n) is 4.55. The highest BCUT2D eigenvalue weighted by molar-refractivity contribution is 6.31. The second-order valence-electron chi connectivity index (χ2n) is 5.79. The number of hydrogen-bond acceptors (Lipinski definition) is 3. The van der Waals surface area contributed by atoms with E-state index in [4.69, 9.17) is 17.4 Å². The van der Waals surface area contributed by atoms with Gasteiger partial charge in [0.1, 0.15) is 0 Å². The number of nitrogens with two attached hydrogens (primary N) is 1. The zero-order chi connectivity index (χ0) is 15.0. The number of nitrogens with one attached hydrogen (secondary N) is 1. The fourth-order valence-electron chi connectivity index (χ4n) is 3.44. The summed E-state index contributed by atoms with van der Waals surface area (Å²) < 4.78 is 1.86. The van der Waals surface area contributed by atoms with Crippen LogP contribution in [0, 0.1) is 6.92 Å². The van der Waals surface area contributed by atoms with E-state index in [1.54, 1.807) is 0 Å². The lowest BCUT2D eigenvalue weighted by Gasteiger charge is -2.24. The van der Waals surface area contributed by atoms with E-state index in [1.165, 1.54) is 11.1 Å². The second-order valence-corrected chi connectivity index (χ2v) is 6.17. The van der Waals surface area contributed by atoms with Crippen LogP contribution in [0.15, 0.2) is 24.3 Å². The smallest absolute Gasteiger partial charge is 0.0847 e. The van der Waals surface area contributed by atoms with Gasteiger partial charge in [0.15, 0.2) is 0 Å². The van der Waals surface area contributed by atoms with E-state index in [0.29, 0.717) is 5.92 Å². The summed E-state index contributed by atoms with van der Waals surface area (Å²) in [5.74, 6) is 6.27. The highest BCUT2D eigenvalue weighted by atomic mass is 35.5. The van der Waals surface area contributed by atoms with E-state index in [1.807, 2.05) is 18.7 Å². The highest BCUT2D eigenvalue weighted by Gasteiger charge is 2.30. The summed E-state index contributed by atoms with van der Waals surface area (Å²) >= 11 is 6.37. The summed E-state index contributed by atoms with van der Waals surface area (Å²) in [4.78, 5) is 0. The number of halogens is 1. The third kappa shape index (κ3) is 2.59. The van der Waals surface area contributed by atoms with E-state index in [9.17, 15) is 0 Å². The maximum Gasteiger partial charge on any atom is 0.0847 e. The van der Waals surface area contributed by atoms with Gasteiger partial charge < -0.3 is 0 Å².